The van der Waals surface area contributed by atoms with Crippen LogP contribution < -0.4 is 0 Å². The van der Waals surface area contributed by atoms with E-state index < -0.39 is 21.6 Å². The van der Waals surface area contributed by atoms with E-state index in [1.165, 1.54) is 7.05 Å². The van der Waals surface area contributed by atoms with Gasteiger partial charge in [-0.2, -0.15) is 0 Å². The van der Waals surface area contributed by atoms with Crippen molar-refractivity contribution in [3.63, 3.8) is 0 Å². The summed E-state index contributed by atoms with van der Waals surface area (Å²) in [6, 6.07) is 0. The molecular formula is C9H9Cl2NO2. The van der Waals surface area contributed by atoms with E-state index in [-0.39, 0.29) is 0 Å². The van der Waals surface area contributed by atoms with Crippen LogP contribution >= 0.6 is 23.2 Å². The smallest absolute Gasteiger partial charge is 0.256 e. The molecular weight excluding hydrogens is 225 g/mol. The highest BCUT2D eigenvalue weighted by molar-refractivity contribution is 6.54. The molecule has 1 aliphatic rings. The fourth-order valence-corrected chi connectivity index (χ4v) is 1.93. The van der Waals surface area contributed by atoms with Gasteiger partial charge in [-0.1, -0.05) is 12.2 Å². The second-order valence-corrected chi connectivity index (χ2v) is 4.19. The van der Waals surface area contributed by atoms with E-state index >= 15 is 0 Å². The lowest BCUT2D eigenvalue weighted by Crippen LogP contribution is -2.45. The predicted octanol–water partition coefficient (Wildman–Crippen LogP) is 1.31. The number of hydrogen-bond donors (Lipinski definition) is 0. The van der Waals surface area contributed by atoms with Crippen molar-refractivity contribution in [2.24, 2.45) is 0 Å². The number of imide groups is 1. The number of carbonyl (C=O) groups excluding carboxylic acids is 2. The molecule has 1 aliphatic heterocycles. The van der Waals surface area contributed by atoms with Gasteiger partial charge in [0.1, 0.15) is 0 Å². The van der Waals surface area contributed by atoms with Crippen molar-refractivity contribution in [2.75, 3.05) is 7.05 Å². The van der Waals surface area contributed by atoms with Gasteiger partial charge in [0.15, 0.2) is 9.75 Å². The number of likely N-dealkylation sites (tertiary alicyclic amines) is 1. The highest BCUT2D eigenvalue weighted by Crippen LogP contribution is 2.45. The van der Waals surface area contributed by atoms with Crippen LogP contribution in [0.1, 0.15) is 0 Å². The van der Waals surface area contributed by atoms with Gasteiger partial charge in [0.2, 0.25) is 0 Å². The lowest BCUT2D eigenvalue weighted by atomic mass is 9.93. The summed E-state index contributed by atoms with van der Waals surface area (Å²) >= 11 is 11.9. The topological polar surface area (TPSA) is 37.4 Å². The Kier molecular flexibility index (Phi) is 2.50. The highest BCUT2D eigenvalue weighted by Gasteiger charge is 2.64. The van der Waals surface area contributed by atoms with Crippen molar-refractivity contribution in [1.29, 1.82) is 0 Å². The van der Waals surface area contributed by atoms with Crippen LogP contribution in [-0.4, -0.2) is 33.5 Å². The van der Waals surface area contributed by atoms with Gasteiger partial charge in [0.05, 0.1) is 0 Å². The van der Waals surface area contributed by atoms with Crippen molar-refractivity contribution in [1.82, 2.24) is 4.90 Å². The van der Waals surface area contributed by atoms with Gasteiger partial charge < -0.3 is 0 Å². The molecule has 1 fully saturated rings. The third kappa shape index (κ3) is 0.996. The molecule has 0 saturated carbocycles. The summed E-state index contributed by atoms with van der Waals surface area (Å²) in [5, 5.41) is 0. The molecule has 3 nitrogen and oxygen atoms in total. The van der Waals surface area contributed by atoms with E-state index in [1.807, 2.05) is 0 Å². The Hall–Kier alpha value is -0.800. The van der Waals surface area contributed by atoms with Gasteiger partial charge in [-0.3, -0.25) is 14.5 Å². The number of hydrogen-bond acceptors (Lipinski definition) is 2. The minimum atomic E-state index is -1.64. The summed E-state index contributed by atoms with van der Waals surface area (Å²) in [5.74, 6) is -1.18. The Morgan fingerprint density at radius 2 is 1.43 bits per heavy atom. The number of amides is 2. The zero-order valence-electron chi connectivity index (χ0n) is 7.59. The number of halogens is 2. The van der Waals surface area contributed by atoms with Crippen molar-refractivity contribution < 1.29 is 9.59 Å². The Morgan fingerprint density at radius 1 is 1.14 bits per heavy atom. The number of carbonyl (C=O) groups is 2. The summed E-state index contributed by atoms with van der Waals surface area (Å²) < 4.78 is 0. The second kappa shape index (κ2) is 3.11. The molecule has 14 heavy (non-hydrogen) atoms. The van der Waals surface area contributed by atoms with Crippen LogP contribution in [0.2, 0.25) is 0 Å². The van der Waals surface area contributed by atoms with Crippen LogP contribution in [0.15, 0.2) is 25.3 Å². The molecule has 0 aromatic heterocycles. The predicted molar refractivity (Wildman–Crippen MR) is 55.3 cm³/mol. The number of alkyl halides is 2. The largest absolute Gasteiger partial charge is 0.282 e. The molecule has 1 saturated heterocycles. The molecule has 5 heteroatoms. The van der Waals surface area contributed by atoms with Crippen molar-refractivity contribution in [2.45, 2.75) is 9.75 Å². The van der Waals surface area contributed by atoms with E-state index in [0.29, 0.717) is 0 Å². The van der Waals surface area contributed by atoms with E-state index in [9.17, 15) is 9.59 Å². The first-order chi connectivity index (χ1) is 6.35. The SMILES string of the molecule is C=CC1(Cl)C(=O)N(C)C(=O)C1(Cl)C=C. The third-order valence-corrected chi connectivity index (χ3v) is 3.65. The molecule has 0 N–H and O–H groups in total. The normalized spacial score (nSPS) is 37.5. The molecule has 0 aromatic carbocycles. The minimum absolute atomic E-state index is 0.589. The lowest BCUT2D eigenvalue weighted by Gasteiger charge is -2.25. The number of rotatable bonds is 2. The molecule has 0 radical (unpaired) electrons. The zero-order chi connectivity index (χ0) is 11.1. The molecule has 2 unspecified atom stereocenters. The summed E-state index contributed by atoms with van der Waals surface area (Å²) in [6.45, 7) is 6.83. The van der Waals surface area contributed by atoms with Crippen molar-refractivity contribution in [3.8, 4) is 0 Å². The summed E-state index contributed by atoms with van der Waals surface area (Å²) in [7, 11) is 1.32. The molecule has 0 aromatic rings. The summed E-state index contributed by atoms with van der Waals surface area (Å²) in [5.41, 5.74) is 0. The van der Waals surface area contributed by atoms with Crippen LogP contribution in [0.25, 0.3) is 0 Å². The highest BCUT2D eigenvalue weighted by atomic mass is 35.5. The minimum Gasteiger partial charge on any atom is -0.282 e. The molecule has 2 amide bonds. The van der Waals surface area contributed by atoms with E-state index in [4.69, 9.17) is 23.2 Å². The maximum absolute atomic E-state index is 11.6. The van der Waals surface area contributed by atoms with Crippen LogP contribution in [0.3, 0.4) is 0 Å². The summed E-state index contributed by atoms with van der Waals surface area (Å²) in [6.07, 6.45) is 2.32. The molecule has 0 spiro atoms. The van der Waals surface area contributed by atoms with Gasteiger partial charge in [-0.15, -0.1) is 36.4 Å². The first-order valence-electron chi connectivity index (χ1n) is 3.82. The Balaban J connectivity index is 3.43. The van der Waals surface area contributed by atoms with Gasteiger partial charge in [0, 0.05) is 7.05 Å². The quantitative estimate of drug-likeness (QED) is 0.410. The fraction of sp³-hybridized carbons (Fsp3) is 0.333. The molecule has 1 heterocycles. The van der Waals surface area contributed by atoms with Gasteiger partial charge in [-0.25, -0.2) is 0 Å². The first kappa shape index (κ1) is 11.3. The average Bonchev–Trinajstić information content (AvgIpc) is 2.33. The fourth-order valence-electron chi connectivity index (χ4n) is 1.36. The van der Waals surface area contributed by atoms with Crippen LogP contribution in [0.5, 0.6) is 0 Å². The molecule has 2 atom stereocenters. The van der Waals surface area contributed by atoms with Crippen molar-refractivity contribution in [3.05, 3.63) is 25.3 Å². The first-order valence-corrected chi connectivity index (χ1v) is 4.58. The molecule has 0 bridgehead atoms. The summed E-state index contributed by atoms with van der Waals surface area (Å²) in [4.78, 5) is 20.8. The van der Waals surface area contributed by atoms with Gasteiger partial charge in [-0.05, 0) is 0 Å². The standard InChI is InChI=1S/C9H9Cl2NO2/c1-4-8(10)6(13)12(3)7(14)9(8,11)5-2/h4-5H,1-2H2,3H3. The van der Waals surface area contributed by atoms with Crippen LogP contribution in [-0.2, 0) is 9.59 Å². The Morgan fingerprint density at radius 3 is 1.64 bits per heavy atom. The third-order valence-electron chi connectivity index (χ3n) is 2.32. The van der Waals surface area contributed by atoms with Crippen molar-refractivity contribution >= 4 is 35.0 Å². The van der Waals surface area contributed by atoms with E-state index in [2.05, 4.69) is 13.2 Å². The molecule has 0 aliphatic carbocycles. The molecule has 1 rings (SSSR count). The zero-order valence-corrected chi connectivity index (χ0v) is 9.10. The van der Waals surface area contributed by atoms with Crippen LogP contribution in [0.4, 0.5) is 0 Å². The van der Waals surface area contributed by atoms with E-state index in [1.54, 1.807) is 0 Å². The van der Waals surface area contributed by atoms with Crippen LogP contribution in [0, 0.1) is 0 Å². The number of nitrogens with zero attached hydrogens (tertiary/aromatic N) is 1. The van der Waals surface area contributed by atoms with Gasteiger partial charge >= 0.3 is 0 Å². The Labute approximate surface area is 92.0 Å². The lowest BCUT2D eigenvalue weighted by molar-refractivity contribution is -0.137. The maximum Gasteiger partial charge on any atom is 0.256 e. The average molecular weight is 234 g/mol. The van der Waals surface area contributed by atoms with E-state index in [0.717, 1.165) is 17.1 Å². The molecule has 76 valence electrons. The van der Waals surface area contributed by atoms with Gasteiger partial charge in [0.25, 0.3) is 11.8 Å². The maximum atomic E-state index is 11.6. The monoisotopic (exact) mass is 233 g/mol. The Bertz CT molecular complexity index is 310. The second-order valence-electron chi connectivity index (χ2n) is 3.00.